The predicted molar refractivity (Wildman–Crippen MR) is 85.4 cm³/mol. The summed E-state index contributed by atoms with van der Waals surface area (Å²) in [5.41, 5.74) is 2.88. The van der Waals surface area contributed by atoms with Crippen LogP contribution in [0.2, 0.25) is 10.3 Å². The lowest BCUT2D eigenvalue weighted by atomic mass is 9.92. The average molecular weight is 309 g/mol. The maximum Gasteiger partial charge on any atom is 0.142 e. The van der Waals surface area contributed by atoms with Gasteiger partial charge in [-0.3, -0.25) is 0 Å². The van der Waals surface area contributed by atoms with Gasteiger partial charge in [-0.15, -0.1) is 0 Å². The van der Waals surface area contributed by atoms with Crippen molar-refractivity contribution in [2.75, 3.05) is 0 Å². The summed E-state index contributed by atoms with van der Waals surface area (Å²) in [7, 11) is 0. The Balaban J connectivity index is 2.50. The zero-order chi connectivity index (χ0) is 14.9. The number of aryl methyl sites for hydroxylation is 1. The first kappa shape index (κ1) is 15.3. The Hall–Kier alpha value is -1.12. The van der Waals surface area contributed by atoms with Crippen LogP contribution in [0.4, 0.5) is 0 Å². The summed E-state index contributed by atoms with van der Waals surface area (Å²) in [6, 6.07) is 7.94. The van der Waals surface area contributed by atoms with Gasteiger partial charge in [0.2, 0.25) is 0 Å². The number of halogens is 2. The Morgan fingerprint density at radius 3 is 2.05 bits per heavy atom. The molecule has 1 heterocycles. The van der Waals surface area contributed by atoms with Crippen molar-refractivity contribution >= 4 is 23.2 Å². The Morgan fingerprint density at radius 2 is 1.55 bits per heavy atom. The van der Waals surface area contributed by atoms with E-state index in [1.54, 1.807) is 0 Å². The Morgan fingerprint density at radius 1 is 1.00 bits per heavy atom. The maximum atomic E-state index is 6.33. The number of nitrogens with zero attached hydrogens (tertiary/aromatic N) is 2. The van der Waals surface area contributed by atoms with Crippen molar-refractivity contribution in [1.82, 2.24) is 9.97 Å². The summed E-state index contributed by atoms with van der Waals surface area (Å²) >= 11 is 12.7. The normalized spacial score (nSPS) is 11.7. The molecular formula is C16H18Cl2N2. The fourth-order valence-electron chi connectivity index (χ4n) is 2.08. The summed E-state index contributed by atoms with van der Waals surface area (Å²) in [6.45, 7) is 8.42. The van der Waals surface area contributed by atoms with Gasteiger partial charge in [0.1, 0.15) is 16.1 Å². The summed E-state index contributed by atoms with van der Waals surface area (Å²) < 4.78 is 0. The van der Waals surface area contributed by atoms with Gasteiger partial charge in [0.15, 0.2) is 0 Å². The molecule has 1 aromatic carbocycles. The minimum absolute atomic E-state index is 0.0941. The van der Waals surface area contributed by atoms with E-state index in [1.807, 2.05) is 31.2 Å². The number of hydrogen-bond donors (Lipinski definition) is 0. The van der Waals surface area contributed by atoms with Crippen LogP contribution in [-0.2, 0) is 6.42 Å². The van der Waals surface area contributed by atoms with Crippen LogP contribution >= 0.6 is 23.2 Å². The number of aromatic nitrogens is 2. The van der Waals surface area contributed by atoms with E-state index in [9.17, 15) is 0 Å². The lowest BCUT2D eigenvalue weighted by Gasteiger charge is -2.18. The minimum atomic E-state index is 0.0941. The highest BCUT2D eigenvalue weighted by atomic mass is 35.5. The van der Waals surface area contributed by atoms with E-state index in [0.717, 1.165) is 17.5 Å². The van der Waals surface area contributed by atoms with Gasteiger partial charge in [-0.05, 0) is 23.5 Å². The van der Waals surface area contributed by atoms with Gasteiger partial charge in [0.25, 0.3) is 0 Å². The molecule has 1 aromatic heterocycles. The highest BCUT2D eigenvalue weighted by Crippen LogP contribution is 2.35. The Labute approximate surface area is 130 Å². The van der Waals surface area contributed by atoms with Crippen molar-refractivity contribution in [3.63, 3.8) is 0 Å². The van der Waals surface area contributed by atoms with E-state index in [4.69, 9.17) is 23.2 Å². The molecule has 0 N–H and O–H groups in total. The van der Waals surface area contributed by atoms with Gasteiger partial charge >= 0.3 is 0 Å². The lowest BCUT2D eigenvalue weighted by Crippen LogP contribution is -2.12. The second kappa shape index (κ2) is 5.71. The molecule has 2 nitrogen and oxygen atoms in total. The van der Waals surface area contributed by atoms with E-state index >= 15 is 0 Å². The molecule has 4 heteroatoms. The Bertz CT molecular complexity index is 608. The third kappa shape index (κ3) is 3.50. The van der Waals surface area contributed by atoms with Crippen molar-refractivity contribution in [1.29, 1.82) is 0 Å². The highest BCUT2D eigenvalue weighted by Gasteiger charge is 2.18. The molecule has 0 amide bonds. The molecule has 0 fully saturated rings. The molecule has 0 atom stereocenters. The van der Waals surface area contributed by atoms with Crippen LogP contribution in [0, 0.1) is 12.3 Å². The van der Waals surface area contributed by atoms with Crippen LogP contribution in [0.3, 0.4) is 0 Å². The smallest absolute Gasteiger partial charge is 0.142 e. The topological polar surface area (TPSA) is 25.8 Å². The Kier molecular flexibility index (Phi) is 4.36. The van der Waals surface area contributed by atoms with Gasteiger partial charge in [0, 0.05) is 6.42 Å². The molecule has 0 bridgehead atoms. The van der Waals surface area contributed by atoms with Crippen LogP contribution in [0.5, 0.6) is 0 Å². The number of benzene rings is 1. The standard InChI is InChI=1S/C16H18Cl2N2/c1-10-7-5-6-8-11(10)13-14(17)19-12(20-15(13)18)9-16(2,3)4/h5-8H,9H2,1-4H3. The molecule has 0 radical (unpaired) electrons. The fourth-order valence-corrected chi connectivity index (χ4v) is 2.70. The second-order valence-corrected chi connectivity index (χ2v) is 6.86. The van der Waals surface area contributed by atoms with Crippen LogP contribution < -0.4 is 0 Å². The molecule has 0 saturated heterocycles. The largest absolute Gasteiger partial charge is 0.220 e. The van der Waals surface area contributed by atoms with Crippen molar-refractivity contribution in [3.05, 3.63) is 46.0 Å². The van der Waals surface area contributed by atoms with Gasteiger partial charge < -0.3 is 0 Å². The third-order valence-electron chi connectivity index (χ3n) is 2.97. The van der Waals surface area contributed by atoms with E-state index in [0.29, 0.717) is 21.7 Å². The molecule has 20 heavy (non-hydrogen) atoms. The molecule has 2 aromatic rings. The van der Waals surface area contributed by atoms with Crippen LogP contribution in [0.25, 0.3) is 11.1 Å². The third-order valence-corrected chi connectivity index (χ3v) is 3.52. The first-order valence-electron chi connectivity index (χ1n) is 6.56. The average Bonchev–Trinajstić information content (AvgIpc) is 2.28. The predicted octanol–water partition coefficient (Wildman–Crippen LogP) is 5.35. The monoisotopic (exact) mass is 308 g/mol. The quantitative estimate of drug-likeness (QED) is 0.699. The zero-order valence-electron chi connectivity index (χ0n) is 12.2. The highest BCUT2D eigenvalue weighted by molar-refractivity contribution is 6.37. The zero-order valence-corrected chi connectivity index (χ0v) is 13.7. The second-order valence-electron chi connectivity index (χ2n) is 6.15. The van der Waals surface area contributed by atoms with Crippen LogP contribution in [-0.4, -0.2) is 9.97 Å². The number of hydrogen-bond acceptors (Lipinski definition) is 2. The molecule has 106 valence electrons. The van der Waals surface area contributed by atoms with Gasteiger partial charge in [-0.25, -0.2) is 9.97 Å². The molecule has 2 rings (SSSR count). The van der Waals surface area contributed by atoms with Crippen LogP contribution in [0.15, 0.2) is 24.3 Å². The van der Waals surface area contributed by atoms with Crippen molar-refractivity contribution in [2.45, 2.75) is 34.1 Å². The summed E-state index contributed by atoms with van der Waals surface area (Å²) in [5, 5.41) is 0.831. The lowest BCUT2D eigenvalue weighted by molar-refractivity contribution is 0.400. The molecule has 0 unspecified atom stereocenters. The van der Waals surface area contributed by atoms with Crippen molar-refractivity contribution in [3.8, 4) is 11.1 Å². The minimum Gasteiger partial charge on any atom is -0.220 e. The fraction of sp³-hybridized carbons (Fsp3) is 0.375. The molecule has 0 aliphatic carbocycles. The SMILES string of the molecule is Cc1ccccc1-c1c(Cl)nc(CC(C)(C)C)nc1Cl. The van der Waals surface area contributed by atoms with Gasteiger partial charge in [-0.2, -0.15) is 0 Å². The molecule has 0 aliphatic heterocycles. The van der Waals surface area contributed by atoms with Crippen LogP contribution in [0.1, 0.15) is 32.2 Å². The van der Waals surface area contributed by atoms with E-state index in [2.05, 4.69) is 30.7 Å². The summed E-state index contributed by atoms with van der Waals surface area (Å²) in [6.07, 6.45) is 0.737. The van der Waals surface area contributed by atoms with Crippen molar-refractivity contribution in [2.24, 2.45) is 5.41 Å². The van der Waals surface area contributed by atoms with Crippen molar-refractivity contribution < 1.29 is 0 Å². The molecule has 0 spiro atoms. The van der Waals surface area contributed by atoms with E-state index in [-0.39, 0.29) is 5.41 Å². The summed E-state index contributed by atoms with van der Waals surface area (Å²) in [5.74, 6) is 0.685. The molecular weight excluding hydrogens is 291 g/mol. The van der Waals surface area contributed by atoms with E-state index < -0.39 is 0 Å². The molecule has 0 aliphatic rings. The van der Waals surface area contributed by atoms with E-state index in [1.165, 1.54) is 0 Å². The maximum absolute atomic E-state index is 6.33. The van der Waals surface area contributed by atoms with Gasteiger partial charge in [0.05, 0.1) is 5.56 Å². The first-order valence-corrected chi connectivity index (χ1v) is 7.31. The number of rotatable bonds is 2. The molecule has 0 saturated carbocycles. The summed E-state index contributed by atoms with van der Waals surface area (Å²) in [4.78, 5) is 8.81. The van der Waals surface area contributed by atoms with Gasteiger partial charge in [-0.1, -0.05) is 68.2 Å². The first-order chi connectivity index (χ1) is 9.28.